The lowest BCUT2D eigenvalue weighted by molar-refractivity contribution is -0.116. The van der Waals surface area contributed by atoms with E-state index in [4.69, 9.17) is 11.6 Å². The lowest BCUT2D eigenvalue weighted by atomic mass is 10.2. The summed E-state index contributed by atoms with van der Waals surface area (Å²) in [6.45, 7) is 0. The first-order chi connectivity index (χ1) is 6.83. The Bertz CT molecular complexity index is 274. The van der Waals surface area contributed by atoms with Gasteiger partial charge in [-0.3, -0.25) is 4.79 Å². The van der Waals surface area contributed by atoms with Crippen molar-refractivity contribution >= 4 is 23.2 Å². The van der Waals surface area contributed by atoms with Crippen LogP contribution >= 0.6 is 11.6 Å². The van der Waals surface area contributed by atoms with Crippen LogP contribution in [-0.2, 0) is 4.79 Å². The third-order valence-electron chi connectivity index (χ3n) is 1.78. The van der Waals surface area contributed by atoms with Crippen molar-refractivity contribution in [2.75, 3.05) is 11.2 Å². The Hall–Kier alpha value is -1.02. The molecule has 1 amide bonds. The monoisotopic (exact) mass is 210 g/mol. The molecule has 1 aromatic rings. The summed E-state index contributed by atoms with van der Waals surface area (Å²) in [5.41, 5.74) is 0.795. The van der Waals surface area contributed by atoms with Gasteiger partial charge in [-0.25, -0.2) is 0 Å². The molecule has 0 aliphatic heterocycles. The van der Waals surface area contributed by atoms with E-state index in [9.17, 15) is 4.79 Å². The highest BCUT2D eigenvalue weighted by molar-refractivity contribution is 6.17. The van der Waals surface area contributed by atoms with Crippen molar-refractivity contribution in [2.24, 2.45) is 0 Å². The number of carbonyl (C=O) groups is 1. The lowest BCUT2D eigenvalue weighted by Crippen LogP contribution is -2.10. The predicted molar refractivity (Wildman–Crippen MR) is 58.5 cm³/mol. The van der Waals surface area contributed by atoms with E-state index in [1.54, 1.807) is 12.1 Å². The van der Waals surface area contributed by atoms with Gasteiger partial charge < -0.3 is 5.32 Å². The Kier molecular flexibility index (Phi) is 5.08. The summed E-state index contributed by atoms with van der Waals surface area (Å²) in [6.07, 6.45) is 2.25. The second-order valence-corrected chi connectivity index (χ2v) is 3.36. The van der Waals surface area contributed by atoms with E-state index in [0.29, 0.717) is 12.3 Å². The number of benzene rings is 1. The molecular formula is C11H13ClNO. The highest BCUT2D eigenvalue weighted by Gasteiger charge is 2.00. The maximum atomic E-state index is 11.3. The van der Waals surface area contributed by atoms with Crippen molar-refractivity contribution in [1.29, 1.82) is 0 Å². The molecule has 0 aromatic heterocycles. The molecule has 0 aliphatic carbocycles. The molecular weight excluding hydrogens is 198 g/mol. The summed E-state index contributed by atoms with van der Waals surface area (Å²) in [5, 5.41) is 2.79. The van der Waals surface area contributed by atoms with Crippen molar-refractivity contribution in [1.82, 2.24) is 0 Å². The number of amides is 1. The first kappa shape index (κ1) is 11.1. The van der Waals surface area contributed by atoms with E-state index >= 15 is 0 Å². The second kappa shape index (κ2) is 6.44. The topological polar surface area (TPSA) is 29.1 Å². The molecule has 0 saturated heterocycles. The van der Waals surface area contributed by atoms with Crippen LogP contribution in [0.25, 0.3) is 0 Å². The third-order valence-corrected chi connectivity index (χ3v) is 2.05. The molecule has 0 aliphatic rings. The lowest BCUT2D eigenvalue weighted by Gasteiger charge is -2.03. The van der Waals surface area contributed by atoms with Crippen LogP contribution in [0.5, 0.6) is 0 Å². The van der Waals surface area contributed by atoms with Gasteiger partial charge in [0, 0.05) is 18.0 Å². The number of unbranched alkanes of at least 4 members (excludes halogenated alkanes) is 1. The maximum Gasteiger partial charge on any atom is 0.224 e. The SMILES string of the molecule is O=C(CCCCCl)Nc1c[c]ccc1. The van der Waals surface area contributed by atoms with Gasteiger partial charge in [-0.1, -0.05) is 12.1 Å². The van der Waals surface area contributed by atoms with Gasteiger partial charge in [0.25, 0.3) is 0 Å². The van der Waals surface area contributed by atoms with Gasteiger partial charge in [0.15, 0.2) is 0 Å². The quantitative estimate of drug-likeness (QED) is 0.588. The zero-order valence-electron chi connectivity index (χ0n) is 7.92. The number of rotatable bonds is 5. The molecule has 0 bridgehead atoms. The number of carbonyl (C=O) groups excluding carboxylic acids is 1. The van der Waals surface area contributed by atoms with E-state index in [0.717, 1.165) is 18.5 Å². The first-order valence-corrected chi connectivity index (χ1v) is 5.18. The van der Waals surface area contributed by atoms with E-state index in [1.165, 1.54) is 0 Å². The maximum absolute atomic E-state index is 11.3. The molecule has 3 heteroatoms. The fraction of sp³-hybridized carbons (Fsp3) is 0.364. The zero-order chi connectivity index (χ0) is 10.2. The number of halogens is 1. The Labute approximate surface area is 89.3 Å². The van der Waals surface area contributed by atoms with Crippen molar-refractivity contribution in [3.63, 3.8) is 0 Å². The molecule has 0 spiro atoms. The first-order valence-electron chi connectivity index (χ1n) is 4.65. The van der Waals surface area contributed by atoms with Gasteiger partial charge >= 0.3 is 0 Å². The van der Waals surface area contributed by atoms with Crippen LogP contribution in [0.2, 0.25) is 0 Å². The van der Waals surface area contributed by atoms with Gasteiger partial charge in [-0.05, 0) is 31.0 Å². The summed E-state index contributed by atoms with van der Waals surface area (Å²) < 4.78 is 0. The molecule has 0 saturated carbocycles. The Morgan fingerprint density at radius 1 is 1.50 bits per heavy atom. The summed E-state index contributed by atoms with van der Waals surface area (Å²) >= 11 is 5.51. The number of hydrogen-bond donors (Lipinski definition) is 1. The summed E-state index contributed by atoms with van der Waals surface area (Å²) in [6, 6.07) is 10.1. The average Bonchev–Trinajstić information content (AvgIpc) is 2.20. The molecule has 2 nitrogen and oxygen atoms in total. The van der Waals surface area contributed by atoms with Gasteiger partial charge in [0.1, 0.15) is 0 Å². The van der Waals surface area contributed by atoms with Crippen LogP contribution < -0.4 is 5.32 Å². The van der Waals surface area contributed by atoms with Crippen LogP contribution in [0.3, 0.4) is 0 Å². The molecule has 0 unspecified atom stereocenters. The van der Waals surface area contributed by atoms with Gasteiger partial charge in [0.05, 0.1) is 0 Å². The van der Waals surface area contributed by atoms with E-state index in [2.05, 4.69) is 11.4 Å². The smallest absolute Gasteiger partial charge is 0.224 e. The van der Waals surface area contributed by atoms with Crippen LogP contribution in [0.4, 0.5) is 5.69 Å². The minimum absolute atomic E-state index is 0.0368. The summed E-state index contributed by atoms with van der Waals surface area (Å²) in [5.74, 6) is 0.654. The molecule has 14 heavy (non-hydrogen) atoms. The van der Waals surface area contributed by atoms with E-state index in [-0.39, 0.29) is 5.91 Å². The number of anilines is 1. The molecule has 0 fully saturated rings. The third kappa shape index (κ3) is 4.28. The predicted octanol–water partition coefficient (Wildman–Crippen LogP) is 2.83. The van der Waals surface area contributed by atoms with Gasteiger partial charge in [0.2, 0.25) is 5.91 Å². The fourth-order valence-electron chi connectivity index (χ4n) is 1.07. The molecule has 75 valence electrons. The second-order valence-electron chi connectivity index (χ2n) is 2.99. The van der Waals surface area contributed by atoms with Crippen molar-refractivity contribution in [3.05, 3.63) is 30.3 Å². The van der Waals surface area contributed by atoms with E-state index in [1.807, 2.05) is 12.1 Å². The number of hydrogen-bond acceptors (Lipinski definition) is 1. The Morgan fingerprint density at radius 2 is 2.36 bits per heavy atom. The van der Waals surface area contributed by atoms with Crippen LogP contribution in [0.1, 0.15) is 19.3 Å². The number of nitrogens with one attached hydrogen (secondary N) is 1. The summed E-state index contributed by atoms with van der Waals surface area (Å²) in [4.78, 5) is 11.3. The largest absolute Gasteiger partial charge is 0.326 e. The summed E-state index contributed by atoms with van der Waals surface area (Å²) in [7, 11) is 0. The molecule has 1 N–H and O–H groups in total. The Morgan fingerprint density at radius 3 is 3.00 bits per heavy atom. The Balaban J connectivity index is 2.27. The average molecular weight is 211 g/mol. The van der Waals surface area contributed by atoms with Crippen LogP contribution in [0.15, 0.2) is 24.3 Å². The standard InChI is InChI=1S/C11H13ClNO/c12-9-5-4-8-11(14)13-10-6-2-1-3-7-10/h1-2,6-7H,4-5,8-9H2,(H,13,14). The highest BCUT2D eigenvalue weighted by atomic mass is 35.5. The molecule has 1 radical (unpaired) electrons. The minimum Gasteiger partial charge on any atom is -0.326 e. The fourth-order valence-corrected chi connectivity index (χ4v) is 1.26. The minimum atomic E-state index is 0.0368. The van der Waals surface area contributed by atoms with Crippen molar-refractivity contribution in [2.45, 2.75) is 19.3 Å². The van der Waals surface area contributed by atoms with Gasteiger partial charge in [-0.15, -0.1) is 11.6 Å². The van der Waals surface area contributed by atoms with Crippen molar-refractivity contribution in [3.8, 4) is 0 Å². The zero-order valence-corrected chi connectivity index (χ0v) is 8.68. The van der Waals surface area contributed by atoms with Crippen LogP contribution in [-0.4, -0.2) is 11.8 Å². The molecule has 0 atom stereocenters. The van der Waals surface area contributed by atoms with Crippen molar-refractivity contribution < 1.29 is 4.79 Å². The van der Waals surface area contributed by atoms with Crippen LogP contribution in [0, 0.1) is 6.07 Å². The number of alkyl halides is 1. The molecule has 1 rings (SSSR count). The van der Waals surface area contributed by atoms with E-state index < -0.39 is 0 Å². The van der Waals surface area contributed by atoms with Gasteiger partial charge in [-0.2, -0.15) is 0 Å². The molecule has 0 heterocycles. The normalized spacial score (nSPS) is 9.79. The highest BCUT2D eigenvalue weighted by Crippen LogP contribution is 2.06. The molecule has 1 aromatic carbocycles.